The molecule has 284 valence electrons. The summed E-state index contributed by atoms with van der Waals surface area (Å²) in [5.41, 5.74) is 3.80. The van der Waals surface area contributed by atoms with Crippen molar-refractivity contribution >= 4 is 110 Å². The van der Waals surface area contributed by atoms with Gasteiger partial charge in [-0.3, -0.25) is 14.9 Å². The normalized spacial score (nSPS) is 16.6. The van der Waals surface area contributed by atoms with E-state index in [9.17, 15) is 18.9 Å². The monoisotopic (exact) mass is 834 g/mol. The summed E-state index contributed by atoms with van der Waals surface area (Å²) in [6.07, 6.45) is 1.73. The molecule has 0 spiro atoms. The van der Waals surface area contributed by atoms with Gasteiger partial charge >= 0.3 is 14.8 Å². The molecule has 7 rings (SSSR count). The lowest BCUT2D eigenvalue weighted by Crippen LogP contribution is -2.32. The largest absolute Gasteiger partial charge is 0.448 e. The highest BCUT2D eigenvalue weighted by molar-refractivity contribution is 8.76. The van der Waals surface area contributed by atoms with Crippen LogP contribution in [0.3, 0.4) is 0 Å². The second-order valence-electron chi connectivity index (χ2n) is 13.4. The Morgan fingerprint density at radius 3 is 2.04 bits per heavy atom. The van der Waals surface area contributed by atoms with Crippen molar-refractivity contribution < 1.29 is 28.2 Å². The Morgan fingerprint density at radius 2 is 1.44 bits per heavy atom. The van der Waals surface area contributed by atoms with Gasteiger partial charge in [0.1, 0.15) is 17.4 Å². The summed E-state index contributed by atoms with van der Waals surface area (Å²) < 4.78 is 22.4. The van der Waals surface area contributed by atoms with Crippen LogP contribution in [0.1, 0.15) is 49.1 Å². The van der Waals surface area contributed by atoms with Crippen molar-refractivity contribution in [2.75, 3.05) is 46.6 Å². The number of hydrogen-bond acceptors (Lipinski definition) is 9. The van der Waals surface area contributed by atoms with E-state index in [1.165, 1.54) is 10.8 Å². The molecule has 5 aromatic rings. The molecule has 1 unspecified atom stereocenters. The third kappa shape index (κ3) is 8.39. The molecular weight excluding hydrogens is 798 g/mol. The van der Waals surface area contributed by atoms with E-state index in [4.69, 9.17) is 32.5 Å². The van der Waals surface area contributed by atoms with Gasteiger partial charge in [0.15, 0.2) is 0 Å². The van der Waals surface area contributed by atoms with E-state index < -0.39 is 14.8 Å². The predicted octanol–water partition coefficient (Wildman–Crippen LogP) is 10.6. The van der Waals surface area contributed by atoms with Crippen molar-refractivity contribution in [2.24, 2.45) is 0 Å². The second-order valence-corrected chi connectivity index (χ2v) is 17.0. The first kappa shape index (κ1) is 39.2. The second kappa shape index (κ2) is 17.8. The molecule has 0 bridgehead atoms. The average Bonchev–Trinajstić information content (AvgIpc) is 3.78. The number of amides is 3. The zero-order valence-electron chi connectivity index (χ0n) is 29.8. The Morgan fingerprint density at radius 1 is 0.855 bits per heavy atom. The lowest BCUT2D eigenvalue weighted by atomic mass is 9.95. The van der Waals surface area contributed by atoms with Crippen molar-refractivity contribution in [3.8, 4) is 5.75 Å². The first-order valence-corrected chi connectivity index (χ1v) is 21.8. The summed E-state index contributed by atoms with van der Waals surface area (Å²) >= 11 is 12.9. The number of nitrogens with one attached hydrogen (secondary N) is 1. The van der Waals surface area contributed by atoms with Crippen LogP contribution in [0.15, 0.2) is 90.1 Å². The van der Waals surface area contributed by atoms with E-state index in [0.29, 0.717) is 54.1 Å². The van der Waals surface area contributed by atoms with E-state index in [2.05, 4.69) is 10.3 Å². The van der Waals surface area contributed by atoms with Crippen molar-refractivity contribution in [3.63, 3.8) is 0 Å². The minimum atomic E-state index is -0.595. The molecule has 3 amide bonds. The van der Waals surface area contributed by atoms with Crippen LogP contribution in [0.4, 0.5) is 21.9 Å². The Hall–Kier alpha value is -4.06. The number of nitrogens with zero attached hydrogens (tertiary/aromatic N) is 3. The van der Waals surface area contributed by atoms with Gasteiger partial charge in [0, 0.05) is 83.5 Å². The number of anilines is 3. The summed E-state index contributed by atoms with van der Waals surface area (Å²) in [7, 11) is 2.60. The number of pyridine rings is 1. The van der Waals surface area contributed by atoms with Crippen LogP contribution in [0.2, 0.25) is 0 Å². The molecule has 4 aromatic carbocycles. The minimum Gasteiger partial charge on any atom is -0.448 e. The molecule has 0 saturated heterocycles. The standard InChI is InChI=1S/C40H37Cl2N4O6PS2/c1-24(54-55-35-13-6-7-16-43-35)23-51-40(49)44-31-17-32-38(29-11-4-2-9-27(29)31)25(19-41)21-45(32)36(47)14-8-15-37(48)46-22-26(20-42)39-30-12-5-3-10-28(30)34(52-53-50)18-33(39)46/h2-7,9-13,16-18,24-26H,8,14-15,19-23H2,1H3,(H,44,49)/t24?,25-,26-/m1/s1. The molecule has 0 fully saturated rings. The number of carbonyl (C=O) groups excluding carboxylic acids is 3. The van der Waals surface area contributed by atoms with Crippen molar-refractivity contribution in [3.05, 3.63) is 96.2 Å². The summed E-state index contributed by atoms with van der Waals surface area (Å²) in [6, 6.07) is 24.6. The van der Waals surface area contributed by atoms with E-state index in [-0.39, 0.29) is 48.3 Å². The maximum Gasteiger partial charge on any atom is 0.411 e. The first-order chi connectivity index (χ1) is 26.8. The predicted molar refractivity (Wildman–Crippen MR) is 224 cm³/mol. The SMILES string of the molecule is CC(COC(=O)Nc1cc2c(c3ccccc13)[C@H](CCl)CN2C(=O)CCCC(=O)N1C[C@@H](CCl)c2c1cc(OP=O)c1ccccc21)SSc1ccccn1. The summed E-state index contributed by atoms with van der Waals surface area (Å²) in [5, 5.41) is 7.22. The van der Waals surface area contributed by atoms with Gasteiger partial charge in [-0.2, -0.15) is 0 Å². The summed E-state index contributed by atoms with van der Waals surface area (Å²) in [6.45, 7) is 2.96. The van der Waals surface area contributed by atoms with Crippen LogP contribution < -0.4 is 19.6 Å². The average molecular weight is 836 g/mol. The Labute approximate surface area is 338 Å². The Kier molecular flexibility index (Phi) is 12.7. The maximum absolute atomic E-state index is 13.9. The van der Waals surface area contributed by atoms with Gasteiger partial charge in [0.25, 0.3) is 0 Å². The van der Waals surface area contributed by atoms with Crippen molar-refractivity contribution in [1.29, 1.82) is 0 Å². The molecule has 55 heavy (non-hydrogen) atoms. The van der Waals surface area contributed by atoms with E-state index >= 15 is 0 Å². The number of hydrogen-bond donors (Lipinski definition) is 1. The summed E-state index contributed by atoms with van der Waals surface area (Å²) in [4.78, 5) is 48.5. The lowest BCUT2D eigenvalue weighted by Gasteiger charge is -2.21. The molecule has 3 heterocycles. The zero-order chi connectivity index (χ0) is 38.5. The molecule has 2 aliphatic heterocycles. The Balaban J connectivity index is 1.03. The highest BCUT2D eigenvalue weighted by atomic mass is 35.5. The molecule has 2 aliphatic rings. The molecule has 1 aromatic heterocycles. The molecule has 3 atom stereocenters. The van der Waals surface area contributed by atoms with Crippen LogP contribution >= 0.6 is 53.5 Å². The number of benzene rings is 4. The van der Waals surface area contributed by atoms with E-state index in [1.807, 2.05) is 79.7 Å². The quantitative estimate of drug-likeness (QED) is 0.0662. The van der Waals surface area contributed by atoms with Gasteiger partial charge < -0.3 is 19.1 Å². The Bertz CT molecular complexity index is 2250. The van der Waals surface area contributed by atoms with Gasteiger partial charge in [-0.05, 0) is 64.2 Å². The molecular formula is C40H37Cl2N4O6PS2. The topological polar surface area (TPSA) is 118 Å². The highest BCUT2D eigenvalue weighted by Gasteiger charge is 2.36. The highest BCUT2D eigenvalue weighted by Crippen LogP contribution is 2.47. The number of halogens is 2. The molecule has 0 radical (unpaired) electrons. The van der Waals surface area contributed by atoms with Crippen LogP contribution in [0.5, 0.6) is 5.75 Å². The number of fused-ring (bicyclic) bond motifs is 6. The molecule has 0 saturated carbocycles. The fourth-order valence-electron chi connectivity index (χ4n) is 7.36. The molecule has 15 heteroatoms. The maximum atomic E-state index is 13.9. The van der Waals surface area contributed by atoms with Crippen LogP contribution in [0.25, 0.3) is 21.5 Å². The molecule has 10 nitrogen and oxygen atoms in total. The van der Waals surface area contributed by atoms with Crippen molar-refractivity contribution in [2.45, 2.75) is 48.3 Å². The van der Waals surface area contributed by atoms with E-state index in [0.717, 1.165) is 37.7 Å². The fraction of sp³-hybridized carbons (Fsp3) is 0.300. The van der Waals surface area contributed by atoms with Crippen LogP contribution in [-0.2, 0) is 18.9 Å². The van der Waals surface area contributed by atoms with E-state index in [1.54, 1.807) is 32.9 Å². The number of carbonyl (C=O) groups is 3. The molecule has 0 aliphatic carbocycles. The van der Waals surface area contributed by atoms with Crippen LogP contribution in [-0.4, -0.2) is 59.6 Å². The van der Waals surface area contributed by atoms with Gasteiger partial charge in [-0.15, -0.1) is 23.2 Å². The third-order valence-corrected chi connectivity index (χ3v) is 13.6. The van der Waals surface area contributed by atoms with Gasteiger partial charge in [-0.25, -0.2) is 14.3 Å². The number of aromatic nitrogens is 1. The van der Waals surface area contributed by atoms with Gasteiger partial charge in [0.2, 0.25) is 11.8 Å². The first-order valence-electron chi connectivity index (χ1n) is 17.8. The summed E-state index contributed by atoms with van der Waals surface area (Å²) in [5.74, 6) is 0.560. The smallest absolute Gasteiger partial charge is 0.411 e. The minimum absolute atomic E-state index is 0.0100. The number of rotatable bonds is 14. The third-order valence-electron chi connectivity index (χ3n) is 9.81. The van der Waals surface area contributed by atoms with Gasteiger partial charge in [0.05, 0.1) is 11.4 Å². The number of alkyl halides is 2. The zero-order valence-corrected chi connectivity index (χ0v) is 33.8. The van der Waals surface area contributed by atoms with Crippen LogP contribution in [0, 0.1) is 0 Å². The number of ether oxygens (including phenoxy) is 1. The van der Waals surface area contributed by atoms with Gasteiger partial charge in [-0.1, -0.05) is 65.4 Å². The fourth-order valence-corrected chi connectivity index (χ4v) is 9.97. The molecule has 1 N–H and O–H groups in total. The lowest BCUT2D eigenvalue weighted by molar-refractivity contribution is -0.119. The van der Waals surface area contributed by atoms with Crippen molar-refractivity contribution in [1.82, 2.24) is 4.98 Å².